The number of hydrogen-bond donors (Lipinski definition) is 2. The summed E-state index contributed by atoms with van der Waals surface area (Å²) in [6, 6.07) is 2.15. The first-order valence-corrected chi connectivity index (χ1v) is 8.57. The molecule has 24 heavy (non-hydrogen) atoms. The number of hydrogen-bond acceptors (Lipinski definition) is 5. The number of aryl methyl sites for hydroxylation is 1. The Morgan fingerprint density at radius 2 is 2.25 bits per heavy atom. The summed E-state index contributed by atoms with van der Waals surface area (Å²) in [4.78, 5) is 17.4. The maximum Gasteiger partial charge on any atom is 0.259 e. The van der Waals surface area contributed by atoms with E-state index in [0.29, 0.717) is 17.2 Å². The van der Waals surface area contributed by atoms with Gasteiger partial charge in [0.2, 0.25) is 0 Å². The first kappa shape index (κ1) is 17.2. The molecule has 0 radical (unpaired) electrons. The fraction of sp³-hybridized carbons (Fsp3) is 0.588. The molecule has 2 aromatic rings. The van der Waals surface area contributed by atoms with Crippen LogP contribution < -0.4 is 10.6 Å². The van der Waals surface area contributed by atoms with Crippen molar-refractivity contribution in [1.29, 1.82) is 0 Å². The summed E-state index contributed by atoms with van der Waals surface area (Å²) in [5.74, 6) is 0.437. The third-order valence-corrected chi connectivity index (χ3v) is 4.66. The van der Waals surface area contributed by atoms with Gasteiger partial charge in [-0.15, -0.1) is 12.4 Å². The fourth-order valence-corrected chi connectivity index (χ4v) is 3.25. The average Bonchev–Trinajstić information content (AvgIpc) is 3.14. The molecule has 1 amide bonds. The molecule has 2 fully saturated rings. The number of pyridine rings is 1. The Kier molecular flexibility index (Phi) is 5.06. The lowest BCUT2D eigenvalue weighted by molar-refractivity contribution is 0.0941. The molecule has 0 aromatic carbocycles. The third-order valence-electron chi connectivity index (χ3n) is 4.66. The van der Waals surface area contributed by atoms with E-state index in [9.17, 15) is 4.79 Å². The lowest BCUT2D eigenvalue weighted by atomic mass is 10.0. The van der Waals surface area contributed by atoms with Crippen molar-refractivity contribution in [3.05, 3.63) is 23.0 Å². The Morgan fingerprint density at radius 1 is 1.42 bits per heavy atom. The molecule has 2 aromatic heterocycles. The van der Waals surface area contributed by atoms with Crippen LogP contribution in [0.2, 0.25) is 0 Å². The van der Waals surface area contributed by atoms with Crippen molar-refractivity contribution in [2.45, 2.75) is 51.0 Å². The molecule has 4 rings (SSSR count). The molecule has 130 valence electrons. The van der Waals surface area contributed by atoms with Gasteiger partial charge in [-0.3, -0.25) is 4.79 Å². The zero-order valence-corrected chi connectivity index (χ0v) is 14.6. The Labute approximate surface area is 147 Å². The Balaban J connectivity index is 0.00000169. The van der Waals surface area contributed by atoms with Gasteiger partial charge in [0.15, 0.2) is 0 Å². The molecule has 1 unspecified atom stereocenters. The molecule has 0 bridgehead atoms. The first-order chi connectivity index (χ1) is 11.3. The van der Waals surface area contributed by atoms with Gasteiger partial charge < -0.3 is 15.2 Å². The summed E-state index contributed by atoms with van der Waals surface area (Å²) < 4.78 is 5.43. The second-order valence-corrected chi connectivity index (χ2v) is 6.59. The SMILES string of the molecule is CCCc1noc2nc(C3CC3)cc(C(=O)NC3CCNC3)c12.Cl. The summed E-state index contributed by atoms with van der Waals surface area (Å²) in [7, 11) is 0. The highest BCUT2D eigenvalue weighted by Crippen LogP contribution is 2.40. The third kappa shape index (κ3) is 3.26. The van der Waals surface area contributed by atoms with Crippen molar-refractivity contribution in [2.24, 2.45) is 0 Å². The Morgan fingerprint density at radius 3 is 2.92 bits per heavy atom. The van der Waals surface area contributed by atoms with Crippen LogP contribution in [-0.2, 0) is 6.42 Å². The number of aromatic nitrogens is 2. The molecule has 0 spiro atoms. The normalized spacial score (nSPS) is 20.1. The Bertz CT molecular complexity index is 736. The van der Waals surface area contributed by atoms with E-state index in [4.69, 9.17) is 4.52 Å². The summed E-state index contributed by atoms with van der Waals surface area (Å²) in [6.45, 7) is 3.88. The van der Waals surface area contributed by atoms with Crippen LogP contribution in [0.4, 0.5) is 0 Å². The number of nitrogens with zero attached hydrogens (tertiary/aromatic N) is 2. The van der Waals surface area contributed by atoms with Gasteiger partial charge in [0, 0.05) is 24.2 Å². The second-order valence-electron chi connectivity index (χ2n) is 6.59. The van der Waals surface area contributed by atoms with Crippen molar-refractivity contribution in [3.8, 4) is 0 Å². The van der Waals surface area contributed by atoms with Crippen LogP contribution in [0.5, 0.6) is 0 Å². The lowest BCUT2D eigenvalue weighted by Crippen LogP contribution is -2.36. The maximum atomic E-state index is 12.8. The number of carbonyl (C=O) groups excluding carboxylic acids is 1. The molecule has 1 aliphatic heterocycles. The molecule has 2 N–H and O–H groups in total. The van der Waals surface area contributed by atoms with E-state index in [1.54, 1.807) is 0 Å². The van der Waals surface area contributed by atoms with Crippen molar-refractivity contribution < 1.29 is 9.32 Å². The molecule has 3 heterocycles. The van der Waals surface area contributed by atoms with E-state index < -0.39 is 0 Å². The predicted molar refractivity (Wildman–Crippen MR) is 93.8 cm³/mol. The minimum absolute atomic E-state index is 0. The minimum Gasteiger partial charge on any atom is -0.348 e. The van der Waals surface area contributed by atoms with Crippen LogP contribution in [0.3, 0.4) is 0 Å². The smallest absolute Gasteiger partial charge is 0.259 e. The number of fused-ring (bicyclic) bond motifs is 1. The molecular formula is C17H23ClN4O2. The number of nitrogens with one attached hydrogen (secondary N) is 2. The second kappa shape index (κ2) is 7.07. The van der Waals surface area contributed by atoms with E-state index in [0.717, 1.165) is 62.0 Å². The monoisotopic (exact) mass is 350 g/mol. The number of amides is 1. The van der Waals surface area contributed by atoms with Gasteiger partial charge in [0.25, 0.3) is 11.6 Å². The van der Waals surface area contributed by atoms with Crippen LogP contribution >= 0.6 is 12.4 Å². The number of halogens is 1. The van der Waals surface area contributed by atoms with Crippen LogP contribution in [0, 0.1) is 0 Å². The minimum atomic E-state index is -0.0337. The summed E-state index contributed by atoms with van der Waals surface area (Å²) in [5.41, 5.74) is 2.99. The van der Waals surface area contributed by atoms with Gasteiger partial charge in [-0.05, 0) is 38.3 Å². The van der Waals surface area contributed by atoms with E-state index in [-0.39, 0.29) is 24.4 Å². The van der Waals surface area contributed by atoms with Gasteiger partial charge in [-0.1, -0.05) is 18.5 Å². The molecule has 2 aliphatic rings. The van der Waals surface area contributed by atoms with Crippen molar-refractivity contribution in [3.63, 3.8) is 0 Å². The molecule has 1 saturated heterocycles. The van der Waals surface area contributed by atoms with Gasteiger partial charge >= 0.3 is 0 Å². The van der Waals surface area contributed by atoms with Crippen molar-refractivity contribution >= 4 is 29.4 Å². The lowest BCUT2D eigenvalue weighted by Gasteiger charge is -2.12. The van der Waals surface area contributed by atoms with Crippen LogP contribution in [0.25, 0.3) is 11.1 Å². The fourth-order valence-electron chi connectivity index (χ4n) is 3.25. The highest BCUT2D eigenvalue weighted by atomic mass is 35.5. The molecular weight excluding hydrogens is 328 g/mol. The molecule has 7 heteroatoms. The quantitative estimate of drug-likeness (QED) is 0.866. The molecule has 1 saturated carbocycles. The van der Waals surface area contributed by atoms with Gasteiger partial charge in [0.05, 0.1) is 16.6 Å². The Hall–Kier alpha value is -1.66. The van der Waals surface area contributed by atoms with Gasteiger partial charge in [0.1, 0.15) is 0 Å². The topological polar surface area (TPSA) is 80.0 Å². The van der Waals surface area contributed by atoms with Crippen molar-refractivity contribution in [2.75, 3.05) is 13.1 Å². The number of rotatable bonds is 5. The van der Waals surface area contributed by atoms with E-state index >= 15 is 0 Å². The summed E-state index contributed by atoms with van der Waals surface area (Å²) in [6.07, 6.45) is 5.01. The highest BCUT2D eigenvalue weighted by Gasteiger charge is 2.29. The maximum absolute atomic E-state index is 12.8. The summed E-state index contributed by atoms with van der Waals surface area (Å²) >= 11 is 0. The highest BCUT2D eigenvalue weighted by molar-refractivity contribution is 6.06. The van der Waals surface area contributed by atoms with E-state index in [1.807, 2.05) is 6.07 Å². The van der Waals surface area contributed by atoms with E-state index in [1.165, 1.54) is 0 Å². The average molecular weight is 351 g/mol. The van der Waals surface area contributed by atoms with Gasteiger partial charge in [-0.25, -0.2) is 4.98 Å². The van der Waals surface area contributed by atoms with Crippen LogP contribution in [0.1, 0.15) is 60.3 Å². The van der Waals surface area contributed by atoms with Crippen molar-refractivity contribution in [1.82, 2.24) is 20.8 Å². The molecule has 6 nitrogen and oxygen atoms in total. The zero-order chi connectivity index (χ0) is 15.8. The largest absolute Gasteiger partial charge is 0.348 e. The van der Waals surface area contributed by atoms with E-state index in [2.05, 4.69) is 27.7 Å². The van der Waals surface area contributed by atoms with Crippen LogP contribution in [0.15, 0.2) is 10.6 Å². The molecule has 1 atom stereocenters. The number of carbonyl (C=O) groups is 1. The zero-order valence-electron chi connectivity index (χ0n) is 13.8. The standard InChI is InChI=1S/C17H22N4O2.ClH/c1-2-3-13-15-12(16(22)19-11-6-7-18-9-11)8-14(10-4-5-10)20-17(15)23-21-13;/h8,10-11,18H,2-7,9H2,1H3,(H,19,22);1H. The summed E-state index contributed by atoms with van der Waals surface area (Å²) in [5, 5.41) is 11.4. The predicted octanol–water partition coefficient (Wildman–Crippen LogP) is 2.57. The first-order valence-electron chi connectivity index (χ1n) is 8.57. The molecule has 1 aliphatic carbocycles. The van der Waals surface area contributed by atoms with Crippen LogP contribution in [-0.4, -0.2) is 35.2 Å². The van der Waals surface area contributed by atoms with Gasteiger partial charge in [-0.2, -0.15) is 0 Å².